The van der Waals surface area contributed by atoms with Crippen LogP contribution < -0.4 is 15.8 Å². The van der Waals surface area contributed by atoms with Crippen LogP contribution in [0, 0.1) is 5.82 Å². The number of halogens is 4. The molecule has 0 aliphatic rings. The number of hydrogen-bond donors (Lipinski definition) is 2. The van der Waals surface area contributed by atoms with Crippen molar-refractivity contribution in [1.82, 2.24) is 5.32 Å². The predicted molar refractivity (Wildman–Crippen MR) is 72.0 cm³/mol. The first-order chi connectivity index (χ1) is 9.45. The number of alkyl halides is 2. The molecule has 1 aromatic carbocycles. The molecular weight excluding hydrogens is 313 g/mol. The second-order valence-corrected chi connectivity index (χ2v) is 3.87. The van der Waals surface area contributed by atoms with Crippen molar-refractivity contribution in [2.24, 2.45) is 5.73 Å². The lowest BCUT2D eigenvalue weighted by atomic mass is 10.2. The lowest BCUT2D eigenvalue weighted by molar-refractivity contribution is -0.123. The highest BCUT2D eigenvalue weighted by atomic mass is 35.5. The first-order valence-electron chi connectivity index (χ1n) is 5.70. The van der Waals surface area contributed by atoms with Crippen molar-refractivity contribution in [3.05, 3.63) is 29.6 Å². The van der Waals surface area contributed by atoms with E-state index in [0.717, 1.165) is 6.07 Å². The number of nitrogens with two attached hydrogens (primary N) is 1. The van der Waals surface area contributed by atoms with Crippen LogP contribution in [0.25, 0.3) is 0 Å². The van der Waals surface area contributed by atoms with Crippen molar-refractivity contribution in [2.45, 2.75) is 19.2 Å². The van der Waals surface area contributed by atoms with Gasteiger partial charge in [0.25, 0.3) is 0 Å². The molecule has 1 amide bonds. The summed E-state index contributed by atoms with van der Waals surface area (Å²) < 4.78 is 46.8. The Morgan fingerprint density at radius 1 is 1.43 bits per heavy atom. The Balaban J connectivity index is 0.00000400. The van der Waals surface area contributed by atoms with E-state index in [4.69, 9.17) is 10.5 Å². The van der Waals surface area contributed by atoms with Crippen molar-refractivity contribution in [3.8, 4) is 5.75 Å². The molecule has 21 heavy (non-hydrogen) atoms. The van der Waals surface area contributed by atoms with E-state index in [1.165, 1.54) is 19.2 Å². The van der Waals surface area contributed by atoms with E-state index in [0.29, 0.717) is 0 Å². The number of ether oxygens (including phenoxy) is 2. The summed E-state index contributed by atoms with van der Waals surface area (Å²) in [6.07, 6.45) is 0. The third-order valence-electron chi connectivity index (χ3n) is 2.41. The lowest BCUT2D eigenvalue weighted by Gasteiger charge is -2.14. The molecule has 9 heteroatoms. The van der Waals surface area contributed by atoms with Crippen LogP contribution in [-0.2, 0) is 16.1 Å². The maximum absolute atomic E-state index is 13.6. The number of nitrogens with one attached hydrogen (secondary N) is 1. The summed E-state index contributed by atoms with van der Waals surface area (Å²) in [5, 5.41) is 2.33. The number of hydrogen-bond acceptors (Lipinski definition) is 4. The largest absolute Gasteiger partial charge is 0.434 e. The number of carbonyl (C=O) groups is 1. The standard InChI is InChI=1S/C12H15F3N2O3.ClH/c1-19-6-9(16)11(18)17-5-7-8(13)3-2-4-10(7)20-12(14)15;/h2-4,9,12H,5-6,16H2,1H3,(H,17,18);1H. The number of rotatable bonds is 7. The van der Waals surface area contributed by atoms with Gasteiger partial charge in [-0.25, -0.2) is 4.39 Å². The average Bonchev–Trinajstić information content (AvgIpc) is 2.37. The first kappa shape index (κ1) is 19.5. The Morgan fingerprint density at radius 3 is 2.67 bits per heavy atom. The Hall–Kier alpha value is -1.51. The van der Waals surface area contributed by atoms with E-state index >= 15 is 0 Å². The second-order valence-electron chi connectivity index (χ2n) is 3.87. The molecule has 0 saturated heterocycles. The van der Waals surface area contributed by atoms with Crippen molar-refractivity contribution >= 4 is 18.3 Å². The van der Waals surface area contributed by atoms with Gasteiger partial charge in [0, 0.05) is 19.2 Å². The SMILES string of the molecule is COCC(N)C(=O)NCc1c(F)cccc1OC(F)F.Cl. The fraction of sp³-hybridized carbons (Fsp3) is 0.417. The van der Waals surface area contributed by atoms with Gasteiger partial charge in [0.2, 0.25) is 5.91 Å². The van der Waals surface area contributed by atoms with Crippen LogP contribution in [0.5, 0.6) is 5.75 Å². The van der Waals surface area contributed by atoms with Gasteiger partial charge in [-0.15, -0.1) is 12.4 Å². The smallest absolute Gasteiger partial charge is 0.387 e. The van der Waals surface area contributed by atoms with Gasteiger partial charge in [-0.3, -0.25) is 4.79 Å². The Morgan fingerprint density at radius 2 is 2.10 bits per heavy atom. The number of benzene rings is 1. The predicted octanol–water partition coefficient (Wildman–Crippen LogP) is 1.44. The highest BCUT2D eigenvalue weighted by molar-refractivity contribution is 5.85. The molecule has 0 spiro atoms. The molecule has 3 N–H and O–H groups in total. The minimum Gasteiger partial charge on any atom is -0.434 e. The van der Waals surface area contributed by atoms with Crippen molar-refractivity contribution in [3.63, 3.8) is 0 Å². The summed E-state index contributed by atoms with van der Waals surface area (Å²) in [7, 11) is 1.37. The number of methoxy groups -OCH3 is 1. The topological polar surface area (TPSA) is 73.6 Å². The molecule has 0 radical (unpaired) electrons. The maximum Gasteiger partial charge on any atom is 0.387 e. The molecule has 1 aromatic rings. The molecule has 0 saturated carbocycles. The van der Waals surface area contributed by atoms with E-state index in [1.807, 2.05) is 0 Å². The average molecular weight is 329 g/mol. The highest BCUT2D eigenvalue weighted by Gasteiger charge is 2.17. The van der Waals surface area contributed by atoms with Gasteiger partial charge in [0.15, 0.2) is 0 Å². The molecule has 1 rings (SSSR count). The molecule has 0 aliphatic carbocycles. The third-order valence-corrected chi connectivity index (χ3v) is 2.41. The van der Waals surface area contributed by atoms with Gasteiger partial charge in [-0.05, 0) is 12.1 Å². The fourth-order valence-electron chi connectivity index (χ4n) is 1.48. The van der Waals surface area contributed by atoms with Crippen LogP contribution in [0.15, 0.2) is 18.2 Å². The van der Waals surface area contributed by atoms with Gasteiger partial charge in [0.1, 0.15) is 17.6 Å². The van der Waals surface area contributed by atoms with Crippen molar-refractivity contribution in [1.29, 1.82) is 0 Å². The van der Waals surface area contributed by atoms with Crippen LogP contribution in [0.1, 0.15) is 5.56 Å². The molecular formula is C12H16ClF3N2O3. The molecule has 0 heterocycles. The summed E-state index contributed by atoms with van der Waals surface area (Å²) >= 11 is 0. The molecule has 1 atom stereocenters. The van der Waals surface area contributed by atoms with E-state index in [9.17, 15) is 18.0 Å². The molecule has 5 nitrogen and oxygen atoms in total. The number of amides is 1. The Labute approximate surface area is 126 Å². The summed E-state index contributed by atoms with van der Waals surface area (Å²) in [5.41, 5.74) is 5.29. The van der Waals surface area contributed by atoms with Crippen LogP contribution in [0.2, 0.25) is 0 Å². The second kappa shape index (κ2) is 9.43. The zero-order valence-electron chi connectivity index (χ0n) is 11.1. The van der Waals surface area contributed by atoms with E-state index in [2.05, 4.69) is 10.1 Å². The number of carbonyl (C=O) groups excluding carboxylic acids is 1. The molecule has 120 valence electrons. The van der Waals surface area contributed by atoms with Gasteiger partial charge in [0.05, 0.1) is 6.61 Å². The van der Waals surface area contributed by atoms with Crippen molar-refractivity contribution < 1.29 is 27.4 Å². The van der Waals surface area contributed by atoms with Gasteiger partial charge >= 0.3 is 6.61 Å². The fourth-order valence-corrected chi connectivity index (χ4v) is 1.48. The van der Waals surface area contributed by atoms with Crippen LogP contribution in [0.3, 0.4) is 0 Å². The summed E-state index contributed by atoms with van der Waals surface area (Å²) in [6, 6.07) is 2.57. The highest BCUT2D eigenvalue weighted by Crippen LogP contribution is 2.23. The lowest BCUT2D eigenvalue weighted by Crippen LogP contribution is -2.43. The minimum atomic E-state index is -3.08. The van der Waals surface area contributed by atoms with Gasteiger partial charge < -0.3 is 20.5 Å². The normalized spacial score (nSPS) is 11.7. The third kappa shape index (κ3) is 6.19. The summed E-state index contributed by atoms with van der Waals surface area (Å²) in [4.78, 5) is 11.5. The molecule has 0 aliphatic heterocycles. The minimum absolute atomic E-state index is 0. The molecule has 0 bridgehead atoms. The Kier molecular flexibility index (Phi) is 8.75. The van der Waals surface area contributed by atoms with Gasteiger partial charge in [-0.2, -0.15) is 8.78 Å². The zero-order valence-corrected chi connectivity index (χ0v) is 12.0. The Bertz CT molecular complexity index is 463. The maximum atomic E-state index is 13.6. The van der Waals surface area contributed by atoms with E-state index < -0.39 is 24.4 Å². The van der Waals surface area contributed by atoms with Gasteiger partial charge in [-0.1, -0.05) is 6.07 Å². The molecule has 0 aromatic heterocycles. The van der Waals surface area contributed by atoms with Crippen LogP contribution in [-0.4, -0.2) is 32.3 Å². The quantitative estimate of drug-likeness (QED) is 0.794. The molecule has 0 fully saturated rings. The summed E-state index contributed by atoms with van der Waals surface area (Å²) in [6.45, 7) is -3.41. The summed E-state index contributed by atoms with van der Waals surface area (Å²) in [5.74, 6) is -1.68. The van der Waals surface area contributed by atoms with Crippen LogP contribution >= 0.6 is 12.4 Å². The first-order valence-corrected chi connectivity index (χ1v) is 5.70. The van der Waals surface area contributed by atoms with Crippen LogP contribution in [0.4, 0.5) is 13.2 Å². The van der Waals surface area contributed by atoms with Crippen molar-refractivity contribution in [2.75, 3.05) is 13.7 Å². The van der Waals surface area contributed by atoms with E-state index in [1.54, 1.807) is 0 Å². The van der Waals surface area contributed by atoms with E-state index in [-0.39, 0.29) is 36.9 Å². The zero-order chi connectivity index (χ0) is 15.1. The monoisotopic (exact) mass is 328 g/mol. The molecule has 1 unspecified atom stereocenters.